The molecule has 0 radical (unpaired) electrons. The highest BCUT2D eigenvalue weighted by atomic mass is 79.9. The van der Waals surface area contributed by atoms with Crippen LogP contribution in [0.4, 0.5) is 0 Å². The average Bonchev–Trinajstić information content (AvgIpc) is 2.73. The van der Waals surface area contributed by atoms with Crippen LogP contribution in [0.15, 0.2) is 63.0 Å². The molecule has 160 valence electrons. The van der Waals surface area contributed by atoms with Crippen LogP contribution < -0.4 is 5.43 Å². The van der Waals surface area contributed by atoms with Gasteiger partial charge in [-0.25, -0.2) is 13.8 Å². The van der Waals surface area contributed by atoms with Crippen molar-refractivity contribution in [1.82, 2.24) is 14.6 Å². The smallest absolute Gasteiger partial charge is 0.254 e. The van der Waals surface area contributed by atoms with Crippen LogP contribution in [-0.4, -0.2) is 62.0 Å². The number of carbonyl (C=O) groups is 1. The molecule has 0 spiro atoms. The molecule has 10 heteroatoms. The molecule has 1 N–H and O–H groups in total. The van der Waals surface area contributed by atoms with Crippen molar-refractivity contribution in [1.29, 1.82) is 0 Å². The Kier molecular flexibility index (Phi) is 7.65. The van der Waals surface area contributed by atoms with Crippen molar-refractivity contribution in [3.05, 3.63) is 63.6 Å². The van der Waals surface area contributed by atoms with Crippen LogP contribution in [0.3, 0.4) is 0 Å². The molecule has 1 saturated heterocycles. The minimum absolute atomic E-state index is 0.144. The molecule has 1 aliphatic rings. The maximum Gasteiger partial charge on any atom is 0.254 e. The van der Waals surface area contributed by atoms with Crippen molar-refractivity contribution >= 4 is 49.2 Å². The molecule has 30 heavy (non-hydrogen) atoms. The summed E-state index contributed by atoms with van der Waals surface area (Å²) in [6, 6.07) is 13.9. The minimum Gasteiger partial charge on any atom is -0.292 e. The predicted molar refractivity (Wildman–Crippen MR) is 121 cm³/mol. The number of hydrogen-bond acceptors (Lipinski definition) is 5. The SMILES string of the molecule is C/C(=N/NC(=O)CN1CCN(S(=O)(=O)c2ccc(Br)cc2)CC1)c1ccccc1Cl. The Bertz CT molecular complexity index is 1040. The van der Waals surface area contributed by atoms with Crippen molar-refractivity contribution in [2.45, 2.75) is 11.8 Å². The molecule has 1 heterocycles. The molecule has 0 bridgehead atoms. The lowest BCUT2D eigenvalue weighted by molar-refractivity contribution is -0.122. The van der Waals surface area contributed by atoms with Gasteiger partial charge in [-0.3, -0.25) is 9.69 Å². The molecule has 1 amide bonds. The predicted octanol–water partition coefficient (Wildman–Crippen LogP) is 2.95. The molecule has 3 rings (SSSR count). The Morgan fingerprint density at radius 3 is 2.37 bits per heavy atom. The number of amides is 1. The highest BCUT2D eigenvalue weighted by Crippen LogP contribution is 2.20. The lowest BCUT2D eigenvalue weighted by Crippen LogP contribution is -2.50. The zero-order valence-electron chi connectivity index (χ0n) is 16.4. The number of sulfonamides is 1. The Labute approximate surface area is 189 Å². The standard InChI is InChI=1S/C20H22BrClN4O3S/c1-15(18-4-2-3-5-19(18)22)23-24-20(27)14-25-10-12-26(13-11-25)30(28,29)17-8-6-16(21)7-9-17/h2-9H,10-14H2,1H3,(H,24,27)/b23-15-. The van der Waals surface area contributed by atoms with E-state index in [4.69, 9.17) is 11.6 Å². The molecule has 7 nitrogen and oxygen atoms in total. The van der Waals surface area contributed by atoms with E-state index >= 15 is 0 Å². The van der Waals surface area contributed by atoms with E-state index in [1.807, 2.05) is 23.1 Å². The van der Waals surface area contributed by atoms with E-state index in [1.54, 1.807) is 37.3 Å². The third-order valence-corrected chi connectivity index (χ3v) is 7.53. The zero-order valence-corrected chi connectivity index (χ0v) is 19.5. The van der Waals surface area contributed by atoms with Gasteiger partial charge >= 0.3 is 0 Å². The summed E-state index contributed by atoms with van der Waals surface area (Å²) in [6.07, 6.45) is 0. The fourth-order valence-corrected chi connectivity index (χ4v) is 5.04. The number of benzene rings is 2. The lowest BCUT2D eigenvalue weighted by Gasteiger charge is -2.33. The van der Waals surface area contributed by atoms with Crippen molar-refractivity contribution in [3.8, 4) is 0 Å². The van der Waals surface area contributed by atoms with E-state index in [2.05, 4.69) is 26.5 Å². The summed E-state index contributed by atoms with van der Waals surface area (Å²) in [5.74, 6) is -0.259. The molecule has 2 aromatic carbocycles. The van der Waals surface area contributed by atoms with Crippen LogP contribution in [0.5, 0.6) is 0 Å². The summed E-state index contributed by atoms with van der Waals surface area (Å²) in [6.45, 7) is 3.51. The molecule has 0 saturated carbocycles. The molecular weight excluding hydrogens is 492 g/mol. The third kappa shape index (κ3) is 5.67. The van der Waals surface area contributed by atoms with Gasteiger partial charge in [-0.1, -0.05) is 45.7 Å². The Morgan fingerprint density at radius 1 is 1.10 bits per heavy atom. The topological polar surface area (TPSA) is 82.1 Å². The number of nitrogens with zero attached hydrogens (tertiary/aromatic N) is 3. The van der Waals surface area contributed by atoms with Gasteiger partial charge in [0.05, 0.1) is 17.2 Å². The highest BCUT2D eigenvalue weighted by molar-refractivity contribution is 9.10. The number of piperazine rings is 1. The van der Waals surface area contributed by atoms with Gasteiger partial charge in [0.25, 0.3) is 5.91 Å². The van der Waals surface area contributed by atoms with Crippen molar-refractivity contribution in [2.24, 2.45) is 5.10 Å². The fourth-order valence-electron chi connectivity index (χ4n) is 3.08. The van der Waals surface area contributed by atoms with Crippen LogP contribution in [0, 0.1) is 0 Å². The highest BCUT2D eigenvalue weighted by Gasteiger charge is 2.29. The number of nitrogens with one attached hydrogen (secondary N) is 1. The first-order chi connectivity index (χ1) is 14.3. The maximum atomic E-state index is 12.8. The van der Waals surface area contributed by atoms with E-state index in [0.29, 0.717) is 36.9 Å². The molecule has 0 unspecified atom stereocenters. The molecule has 0 aromatic heterocycles. The van der Waals surface area contributed by atoms with Gasteiger partial charge in [0.1, 0.15) is 0 Å². The molecule has 1 fully saturated rings. The first-order valence-electron chi connectivity index (χ1n) is 9.33. The first-order valence-corrected chi connectivity index (χ1v) is 11.9. The molecule has 2 aromatic rings. The largest absolute Gasteiger partial charge is 0.292 e. The summed E-state index contributed by atoms with van der Waals surface area (Å²) in [5.41, 5.74) is 3.91. The normalized spacial score (nSPS) is 16.4. The van der Waals surface area contributed by atoms with E-state index < -0.39 is 10.0 Å². The number of rotatable bonds is 6. The number of carbonyl (C=O) groups excluding carboxylic acids is 1. The van der Waals surface area contributed by atoms with Crippen molar-refractivity contribution in [3.63, 3.8) is 0 Å². The average molecular weight is 514 g/mol. The van der Waals surface area contributed by atoms with E-state index in [0.717, 1.165) is 10.0 Å². The summed E-state index contributed by atoms with van der Waals surface area (Å²) in [7, 11) is -3.54. The third-order valence-electron chi connectivity index (χ3n) is 4.76. The number of halogens is 2. The summed E-state index contributed by atoms with van der Waals surface area (Å²) >= 11 is 9.44. The van der Waals surface area contributed by atoms with Gasteiger partial charge in [-0.05, 0) is 37.3 Å². The van der Waals surface area contributed by atoms with Crippen LogP contribution in [0.1, 0.15) is 12.5 Å². The monoisotopic (exact) mass is 512 g/mol. The van der Waals surface area contributed by atoms with Crippen molar-refractivity contribution in [2.75, 3.05) is 32.7 Å². The summed E-state index contributed by atoms with van der Waals surface area (Å²) < 4.78 is 27.8. The molecule has 0 aliphatic carbocycles. The zero-order chi connectivity index (χ0) is 21.7. The fraction of sp³-hybridized carbons (Fsp3) is 0.300. The van der Waals surface area contributed by atoms with Crippen LogP contribution in [0.25, 0.3) is 0 Å². The van der Waals surface area contributed by atoms with Crippen LogP contribution in [0.2, 0.25) is 5.02 Å². The van der Waals surface area contributed by atoms with Crippen LogP contribution >= 0.6 is 27.5 Å². The Balaban J connectivity index is 1.52. The quantitative estimate of drug-likeness (QED) is 0.476. The van der Waals surface area contributed by atoms with Gasteiger partial charge < -0.3 is 0 Å². The maximum absolute atomic E-state index is 12.8. The molecule has 0 atom stereocenters. The second kappa shape index (κ2) is 10.0. The van der Waals surface area contributed by atoms with Gasteiger partial charge in [-0.2, -0.15) is 9.41 Å². The molecular formula is C20H22BrClN4O3S. The number of hydrazone groups is 1. The molecule has 1 aliphatic heterocycles. The van der Waals surface area contributed by atoms with E-state index in [9.17, 15) is 13.2 Å². The van der Waals surface area contributed by atoms with Gasteiger partial charge in [0, 0.05) is 41.2 Å². The summed E-state index contributed by atoms with van der Waals surface area (Å²) in [5, 5.41) is 4.68. The first kappa shape index (κ1) is 22.9. The minimum atomic E-state index is -3.54. The van der Waals surface area contributed by atoms with E-state index in [-0.39, 0.29) is 17.3 Å². The van der Waals surface area contributed by atoms with Gasteiger partial charge in [0.2, 0.25) is 10.0 Å². The number of hydrogen-bond donors (Lipinski definition) is 1. The van der Waals surface area contributed by atoms with Crippen LogP contribution in [-0.2, 0) is 14.8 Å². The summed E-state index contributed by atoms with van der Waals surface area (Å²) in [4.78, 5) is 14.4. The van der Waals surface area contributed by atoms with Crippen molar-refractivity contribution < 1.29 is 13.2 Å². The second-order valence-corrected chi connectivity index (χ2v) is 10.1. The lowest BCUT2D eigenvalue weighted by atomic mass is 10.1. The Morgan fingerprint density at radius 2 is 1.73 bits per heavy atom. The second-order valence-electron chi connectivity index (χ2n) is 6.85. The van der Waals surface area contributed by atoms with Gasteiger partial charge in [-0.15, -0.1) is 0 Å². The Hall–Kier alpha value is -1.78. The van der Waals surface area contributed by atoms with E-state index in [1.165, 1.54) is 4.31 Å². The van der Waals surface area contributed by atoms with Gasteiger partial charge in [0.15, 0.2) is 0 Å².